The zero-order valence-electron chi connectivity index (χ0n) is 20.4. The molecule has 1 aliphatic rings. The van der Waals surface area contributed by atoms with Gasteiger partial charge in [0.15, 0.2) is 0 Å². The molecule has 1 unspecified atom stereocenters. The molecule has 0 bridgehead atoms. The number of amides is 1. The molecule has 0 aliphatic carbocycles. The third-order valence-electron chi connectivity index (χ3n) is 6.65. The van der Waals surface area contributed by atoms with Crippen LogP contribution in [-0.4, -0.2) is 69.4 Å². The van der Waals surface area contributed by atoms with E-state index < -0.39 is 0 Å². The van der Waals surface area contributed by atoms with Crippen molar-refractivity contribution in [2.75, 3.05) is 53.6 Å². The van der Waals surface area contributed by atoms with E-state index in [2.05, 4.69) is 40.3 Å². The van der Waals surface area contributed by atoms with E-state index in [0.29, 0.717) is 18.7 Å². The molecule has 182 valence electrons. The van der Waals surface area contributed by atoms with Crippen LogP contribution < -0.4 is 14.8 Å². The van der Waals surface area contributed by atoms with Crippen LogP contribution in [0.5, 0.6) is 11.5 Å². The van der Waals surface area contributed by atoms with Crippen LogP contribution >= 0.6 is 0 Å². The van der Waals surface area contributed by atoms with Crippen LogP contribution in [0.4, 0.5) is 0 Å². The summed E-state index contributed by atoms with van der Waals surface area (Å²) >= 11 is 0. The molecule has 0 spiro atoms. The average molecular weight is 466 g/mol. The number of para-hydroxylation sites is 1. The third kappa shape index (κ3) is 5.37. The van der Waals surface area contributed by atoms with Gasteiger partial charge in [-0.05, 0) is 23.6 Å². The lowest BCUT2D eigenvalue weighted by molar-refractivity contribution is -0.121. The normalized spacial score (nSPS) is 15.3. The Hall–Kier alpha value is -3.03. The van der Waals surface area contributed by atoms with Crippen LogP contribution in [0.3, 0.4) is 0 Å². The number of nitrogens with zero attached hydrogens (tertiary/aromatic N) is 1. The van der Waals surface area contributed by atoms with Crippen LogP contribution in [0.25, 0.3) is 10.9 Å². The Morgan fingerprint density at radius 1 is 1.15 bits per heavy atom. The number of carbonyl (C=O) groups excluding carboxylic acids is 1. The highest BCUT2D eigenvalue weighted by atomic mass is 16.5. The van der Waals surface area contributed by atoms with Gasteiger partial charge < -0.3 is 24.5 Å². The molecule has 7 nitrogen and oxygen atoms in total. The van der Waals surface area contributed by atoms with Gasteiger partial charge in [0.25, 0.3) is 0 Å². The Morgan fingerprint density at radius 3 is 2.71 bits per heavy atom. The lowest BCUT2D eigenvalue weighted by Crippen LogP contribution is -2.41. The van der Waals surface area contributed by atoms with E-state index in [4.69, 9.17) is 14.2 Å². The van der Waals surface area contributed by atoms with E-state index in [1.165, 1.54) is 5.56 Å². The molecule has 3 aromatic rings. The summed E-state index contributed by atoms with van der Waals surface area (Å²) in [5, 5.41) is 4.27. The average Bonchev–Trinajstić information content (AvgIpc) is 3.31. The molecule has 1 amide bonds. The number of aromatic amines is 1. The zero-order valence-corrected chi connectivity index (χ0v) is 20.4. The van der Waals surface area contributed by atoms with Gasteiger partial charge in [-0.25, -0.2) is 0 Å². The number of ether oxygens (including phenoxy) is 3. The summed E-state index contributed by atoms with van der Waals surface area (Å²) in [4.78, 5) is 18.9. The predicted molar refractivity (Wildman–Crippen MR) is 134 cm³/mol. The van der Waals surface area contributed by atoms with Crippen LogP contribution in [-0.2, 0) is 16.0 Å². The maximum absolute atomic E-state index is 13.1. The number of rotatable bonds is 10. The number of methoxy groups -OCH3 is 2. The zero-order chi connectivity index (χ0) is 23.9. The van der Waals surface area contributed by atoms with Crippen molar-refractivity contribution in [3.8, 4) is 11.5 Å². The number of nitrogens with one attached hydrogen (secondary N) is 2. The van der Waals surface area contributed by atoms with Crippen LogP contribution in [0.1, 0.15) is 36.0 Å². The van der Waals surface area contributed by atoms with Gasteiger partial charge in [0.1, 0.15) is 11.5 Å². The van der Waals surface area contributed by atoms with E-state index in [1.54, 1.807) is 14.2 Å². The van der Waals surface area contributed by atoms with Gasteiger partial charge in [0.2, 0.25) is 5.91 Å². The first kappa shape index (κ1) is 24.1. The number of carbonyl (C=O) groups is 1. The number of fused-ring (bicyclic) bond motifs is 1. The van der Waals surface area contributed by atoms with E-state index in [-0.39, 0.29) is 11.8 Å². The van der Waals surface area contributed by atoms with Gasteiger partial charge in [0, 0.05) is 67.2 Å². The van der Waals surface area contributed by atoms with E-state index in [0.717, 1.165) is 67.0 Å². The summed E-state index contributed by atoms with van der Waals surface area (Å²) in [6, 6.07) is 12.2. The Morgan fingerprint density at radius 2 is 1.97 bits per heavy atom. The minimum Gasteiger partial charge on any atom is -0.497 e. The van der Waals surface area contributed by atoms with Crippen molar-refractivity contribution in [3.05, 3.63) is 59.3 Å². The van der Waals surface area contributed by atoms with Gasteiger partial charge in [0.05, 0.1) is 27.4 Å². The predicted octanol–water partition coefficient (Wildman–Crippen LogP) is 3.72. The molecule has 1 aromatic heterocycles. The second-order valence-electron chi connectivity index (χ2n) is 8.61. The Bertz CT molecular complexity index is 1100. The minimum atomic E-state index is -0.162. The number of benzene rings is 2. The molecular weight excluding hydrogens is 430 g/mol. The monoisotopic (exact) mass is 465 g/mol. The number of morpholine rings is 1. The van der Waals surface area contributed by atoms with Crippen molar-refractivity contribution < 1.29 is 19.0 Å². The Labute approximate surface area is 201 Å². The van der Waals surface area contributed by atoms with Crippen molar-refractivity contribution in [2.45, 2.75) is 25.7 Å². The smallest absolute Gasteiger partial charge is 0.220 e. The van der Waals surface area contributed by atoms with Crippen molar-refractivity contribution in [2.24, 2.45) is 0 Å². The van der Waals surface area contributed by atoms with E-state index in [1.807, 2.05) is 24.4 Å². The van der Waals surface area contributed by atoms with Gasteiger partial charge >= 0.3 is 0 Å². The van der Waals surface area contributed by atoms with Crippen molar-refractivity contribution in [3.63, 3.8) is 0 Å². The van der Waals surface area contributed by atoms with Crippen LogP contribution in [0.2, 0.25) is 0 Å². The van der Waals surface area contributed by atoms with Crippen LogP contribution in [0, 0.1) is 0 Å². The highest BCUT2D eigenvalue weighted by Crippen LogP contribution is 2.39. The fraction of sp³-hybridized carbons (Fsp3) is 0.444. The summed E-state index contributed by atoms with van der Waals surface area (Å²) < 4.78 is 16.5. The SMILES string of the molecule is CCc1cccc2c(C(CC(=O)NCCN3CCOCC3)c3ccc(OC)cc3OC)c[nH]c12. The first-order valence-corrected chi connectivity index (χ1v) is 12.0. The highest BCUT2D eigenvalue weighted by molar-refractivity contribution is 5.88. The van der Waals surface area contributed by atoms with Gasteiger partial charge in [-0.1, -0.05) is 31.2 Å². The van der Waals surface area contributed by atoms with Crippen molar-refractivity contribution in [1.82, 2.24) is 15.2 Å². The van der Waals surface area contributed by atoms with Gasteiger partial charge in [-0.15, -0.1) is 0 Å². The number of hydrogen-bond donors (Lipinski definition) is 2. The van der Waals surface area contributed by atoms with Crippen LogP contribution in [0.15, 0.2) is 42.6 Å². The molecule has 1 saturated heterocycles. The number of aryl methyl sites for hydroxylation is 1. The Balaban J connectivity index is 1.61. The number of H-pyrrole nitrogens is 1. The molecule has 0 saturated carbocycles. The topological polar surface area (TPSA) is 75.8 Å². The highest BCUT2D eigenvalue weighted by Gasteiger charge is 2.25. The molecule has 2 heterocycles. The molecule has 1 atom stereocenters. The molecule has 2 aromatic carbocycles. The fourth-order valence-corrected chi connectivity index (χ4v) is 4.75. The summed E-state index contributed by atoms with van der Waals surface area (Å²) in [5.41, 5.74) is 4.45. The molecule has 7 heteroatoms. The fourth-order valence-electron chi connectivity index (χ4n) is 4.75. The number of aromatic nitrogens is 1. The summed E-state index contributed by atoms with van der Waals surface area (Å²) in [6.07, 6.45) is 3.31. The van der Waals surface area contributed by atoms with E-state index >= 15 is 0 Å². The quantitative estimate of drug-likeness (QED) is 0.477. The molecule has 1 aliphatic heterocycles. The Kier molecular flexibility index (Phi) is 8.08. The van der Waals surface area contributed by atoms with E-state index in [9.17, 15) is 4.79 Å². The molecule has 2 N–H and O–H groups in total. The molecule has 1 fully saturated rings. The summed E-state index contributed by atoms with van der Waals surface area (Å²) in [6.45, 7) is 6.95. The third-order valence-corrected chi connectivity index (χ3v) is 6.65. The molecular formula is C27H35N3O4. The lowest BCUT2D eigenvalue weighted by atomic mass is 9.87. The lowest BCUT2D eigenvalue weighted by Gasteiger charge is -2.26. The minimum absolute atomic E-state index is 0.0251. The first-order chi connectivity index (χ1) is 16.6. The maximum Gasteiger partial charge on any atom is 0.220 e. The molecule has 0 radical (unpaired) electrons. The number of hydrogen-bond acceptors (Lipinski definition) is 5. The standard InChI is InChI=1S/C27H35N3O4/c1-4-19-6-5-7-22-24(18-29-27(19)22)23(21-9-8-20(32-2)16-25(21)33-3)17-26(31)28-10-11-30-12-14-34-15-13-30/h5-9,16,18,23,29H,4,10-15,17H2,1-3H3,(H,28,31). The van der Waals surface area contributed by atoms with Gasteiger partial charge in [-0.3, -0.25) is 9.69 Å². The first-order valence-electron chi connectivity index (χ1n) is 12.0. The summed E-state index contributed by atoms with van der Waals surface area (Å²) in [5.74, 6) is 1.30. The summed E-state index contributed by atoms with van der Waals surface area (Å²) in [7, 11) is 3.29. The van der Waals surface area contributed by atoms with Crippen molar-refractivity contribution in [1.29, 1.82) is 0 Å². The molecule has 4 rings (SSSR count). The second kappa shape index (κ2) is 11.4. The second-order valence-corrected chi connectivity index (χ2v) is 8.61. The maximum atomic E-state index is 13.1. The van der Waals surface area contributed by atoms with Gasteiger partial charge in [-0.2, -0.15) is 0 Å². The largest absolute Gasteiger partial charge is 0.497 e. The van der Waals surface area contributed by atoms with Crippen molar-refractivity contribution >= 4 is 16.8 Å². The molecule has 34 heavy (non-hydrogen) atoms.